The van der Waals surface area contributed by atoms with Crippen LogP contribution in [0.15, 0.2) is 35.7 Å². The van der Waals surface area contributed by atoms with Crippen LogP contribution in [0.5, 0.6) is 0 Å². The molecule has 1 heterocycles. The monoisotopic (exact) mass is 264 g/mol. The minimum atomic E-state index is -0.838. The Morgan fingerprint density at radius 1 is 1.39 bits per heavy atom. The van der Waals surface area contributed by atoms with Crippen molar-refractivity contribution in [3.05, 3.63) is 41.7 Å². The number of hydrogen-bond donors (Lipinski definition) is 2. The Bertz CT molecular complexity index is 555. The second-order valence-electron chi connectivity index (χ2n) is 3.65. The average molecular weight is 264 g/mol. The van der Waals surface area contributed by atoms with Crippen LogP contribution in [0.3, 0.4) is 0 Å². The van der Waals surface area contributed by atoms with E-state index in [-0.39, 0.29) is 6.42 Å². The van der Waals surface area contributed by atoms with E-state index in [0.29, 0.717) is 10.9 Å². The number of hydrogen-bond acceptors (Lipinski definition) is 5. The zero-order valence-electron chi connectivity index (χ0n) is 9.48. The summed E-state index contributed by atoms with van der Waals surface area (Å²) in [5, 5.41) is 17.0. The number of carboxylic acids is 1. The first kappa shape index (κ1) is 12.4. The molecular weight excluding hydrogens is 252 g/mol. The fourth-order valence-electron chi connectivity index (χ4n) is 1.51. The molecule has 0 radical (unpaired) electrons. The molecule has 18 heavy (non-hydrogen) atoms. The zero-order valence-corrected chi connectivity index (χ0v) is 10.3. The van der Waals surface area contributed by atoms with Gasteiger partial charge in [-0.25, -0.2) is 4.68 Å². The Balaban J connectivity index is 2.09. The molecule has 94 valence electrons. The molecular formula is C11H12N4O2S. The highest BCUT2D eigenvalue weighted by Crippen LogP contribution is 2.22. The third-order valence-electron chi connectivity index (χ3n) is 2.36. The van der Waals surface area contributed by atoms with E-state index in [1.54, 1.807) is 0 Å². The highest BCUT2D eigenvalue weighted by molar-refractivity contribution is 7.98. The first-order valence-electron chi connectivity index (χ1n) is 5.23. The lowest BCUT2D eigenvalue weighted by Gasteiger charge is -2.06. The standard InChI is InChI=1S/C11H12N4O2S/c12-15-7-13-14-11(15)18-6-9-4-2-1-3-8(9)5-10(16)17/h1-4,7H,5-6,12H2,(H,16,17). The van der Waals surface area contributed by atoms with Crippen molar-refractivity contribution in [2.75, 3.05) is 5.84 Å². The maximum absolute atomic E-state index is 10.8. The SMILES string of the molecule is Nn1cnnc1SCc1ccccc1CC(=O)O. The van der Waals surface area contributed by atoms with Crippen molar-refractivity contribution < 1.29 is 9.90 Å². The number of carbonyl (C=O) groups is 1. The highest BCUT2D eigenvalue weighted by atomic mass is 32.2. The largest absolute Gasteiger partial charge is 0.481 e. The molecule has 0 amide bonds. The first-order valence-corrected chi connectivity index (χ1v) is 6.22. The number of aliphatic carboxylic acids is 1. The number of aromatic nitrogens is 3. The molecule has 0 unspecified atom stereocenters. The van der Waals surface area contributed by atoms with Gasteiger partial charge in [0.1, 0.15) is 6.33 Å². The second kappa shape index (κ2) is 5.54. The van der Waals surface area contributed by atoms with Gasteiger partial charge in [0.25, 0.3) is 0 Å². The predicted molar refractivity (Wildman–Crippen MR) is 67.5 cm³/mol. The third kappa shape index (κ3) is 3.01. The van der Waals surface area contributed by atoms with Crippen LogP contribution >= 0.6 is 11.8 Å². The molecule has 0 aliphatic rings. The van der Waals surface area contributed by atoms with Gasteiger partial charge in [0.2, 0.25) is 5.16 Å². The van der Waals surface area contributed by atoms with Crippen molar-refractivity contribution in [1.82, 2.24) is 14.9 Å². The summed E-state index contributed by atoms with van der Waals surface area (Å²) in [6.45, 7) is 0. The number of carboxylic acid groups (broad SMARTS) is 1. The second-order valence-corrected chi connectivity index (χ2v) is 4.59. The van der Waals surface area contributed by atoms with Crippen LogP contribution in [0.1, 0.15) is 11.1 Å². The molecule has 0 saturated carbocycles. The van der Waals surface area contributed by atoms with Gasteiger partial charge >= 0.3 is 5.97 Å². The Labute approximate surface area is 108 Å². The molecule has 0 atom stereocenters. The van der Waals surface area contributed by atoms with Gasteiger partial charge in [-0.2, -0.15) is 0 Å². The van der Waals surface area contributed by atoms with Crippen LogP contribution in [-0.2, 0) is 17.0 Å². The topological polar surface area (TPSA) is 94.0 Å². The molecule has 0 bridgehead atoms. The number of nitrogen functional groups attached to an aromatic ring is 1. The maximum atomic E-state index is 10.8. The lowest BCUT2D eigenvalue weighted by atomic mass is 10.1. The predicted octanol–water partition coefficient (Wildman–Crippen LogP) is 0.911. The van der Waals surface area contributed by atoms with Crippen LogP contribution < -0.4 is 5.84 Å². The molecule has 0 spiro atoms. The molecule has 1 aromatic heterocycles. The first-order chi connectivity index (χ1) is 8.66. The number of rotatable bonds is 5. The minimum Gasteiger partial charge on any atom is -0.481 e. The lowest BCUT2D eigenvalue weighted by molar-refractivity contribution is -0.136. The van der Waals surface area contributed by atoms with Gasteiger partial charge in [-0.05, 0) is 11.1 Å². The van der Waals surface area contributed by atoms with Gasteiger partial charge in [-0.3, -0.25) is 4.79 Å². The fourth-order valence-corrected chi connectivity index (χ4v) is 2.38. The molecule has 0 fully saturated rings. The molecule has 0 aliphatic heterocycles. The Kier molecular flexibility index (Phi) is 3.83. The summed E-state index contributed by atoms with van der Waals surface area (Å²) >= 11 is 1.42. The van der Waals surface area contributed by atoms with Crippen molar-refractivity contribution in [3.63, 3.8) is 0 Å². The van der Waals surface area contributed by atoms with E-state index in [9.17, 15) is 4.79 Å². The van der Waals surface area contributed by atoms with E-state index in [0.717, 1.165) is 11.1 Å². The summed E-state index contributed by atoms with van der Waals surface area (Å²) in [6.07, 6.45) is 1.44. The molecule has 2 aromatic rings. The molecule has 6 nitrogen and oxygen atoms in total. The zero-order chi connectivity index (χ0) is 13.0. The van der Waals surface area contributed by atoms with Gasteiger partial charge in [-0.1, -0.05) is 36.0 Å². The number of thioether (sulfide) groups is 1. The quantitative estimate of drug-likeness (QED) is 0.616. The number of benzene rings is 1. The van der Waals surface area contributed by atoms with Crippen LogP contribution in [-0.4, -0.2) is 25.9 Å². The van der Waals surface area contributed by atoms with Gasteiger partial charge in [0.15, 0.2) is 0 Å². The molecule has 1 aromatic carbocycles. The van der Waals surface area contributed by atoms with Crippen LogP contribution in [0.4, 0.5) is 0 Å². The number of nitrogens with zero attached hydrogens (tertiary/aromatic N) is 3. The van der Waals surface area contributed by atoms with Crippen molar-refractivity contribution in [2.45, 2.75) is 17.3 Å². The highest BCUT2D eigenvalue weighted by Gasteiger charge is 2.08. The summed E-state index contributed by atoms with van der Waals surface area (Å²) in [6, 6.07) is 7.44. The fraction of sp³-hybridized carbons (Fsp3) is 0.182. The minimum absolute atomic E-state index is 0.0199. The van der Waals surface area contributed by atoms with Gasteiger partial charge < -0.3 is 10.9 Å². The lowest BCUT2D eigenvalue weighted by Crippen LogP contribution is -2.08. The van der Waals surface area contributed by atoms with Crippen molar-refractivity contribution in [1.29, 1.82) is 0 Å². The summed E-state index contributed by atoms with van der Waals surface area (Å²) in [7, 11) is 0. The Morgan fingerprint density at radius 3 is 2.72 bits per heavy atom. The van der Waals surface area contributed by atoms with Crippen molar-refractivity contribution in [3.8, 4) is 0 Å². The maximum Gasteiger partial charge on any atom is 0.307 e. The summed E-state index contributed by atoms with van der Waals surface area (Å²) < 4.78 is 1.34. The van der Waals surface area contributed by atoms with Crippen molar-refractivity contribution in [2.24, 2.45) is 0 Å². The summed E-state index contributed by atoms with van der Waals surface area (Å²) in [5.74, 6) is 5.37. The average Bonchev–Trinajstić information content (AvgIpc) is 2.73. The molecule has 3 N–H and O–H groups in total. The van der Waals surface area contributed by atoms with E-state index in [1.807, 2.05) is 24.3 Å². The van der Waals surface area contributed by atoms with E-state index < -0.39 is 5.97 Å². The summed E-state index contributed by atoms with van der Waals surface area (Å²) in [5.41, 5.74) is 1.77. The van der Waals surface area contributed by atoms with E-state index >= 15 is 0 Å². The third-order valence-corrected chi connectivity index (χ3v) is 3.36. The van der Waals surface area contributed by atoms with E-state index in [4.69, 9.17) is 10.9 Å². The molecule has 2 rings (SSSR count). The number of nitrogens with two attached hydrogens (primary N) is 1. The van der Waals surface area contributed by atoms with Gasteiger partial charge in [0, 0.05) is 5.75 Å². The van der Waals surface area contributed by atoms with Crippen LogP contribution in [0.25, 0.3) is 0 Å². The van der Waals surface area contributed by atoms with Gasteiger partial charge in [0.05, 0.1) is 6.42 Å². The van der Waals surface area contributed by atoms with Crippen molar-refractivity contribution >= 4 is 17.7 Å². The van der Waals surface area contributed by atoms with Crippen LogP contribution in [0, 0.1) is 0 Å². The Hall–Kier alpha value is -2.02. The summed E-state index contributed by atoms with van der Waals surface area (Å²) in [4.78, 5) is 10.8. The van der Waals surface area contributed by atoms with E-state index in [1.165, 1.54) is 22.8 Å². The van der Waals surface area contributed by atoms with E-state index in [2.05, 4.69) is 10.2 Å². The normalized spacial score (nSPS) is 10.4. The molecule has 7 heteroatoms. The Morgan fingerprint density at radius 2 is 2.11 bits per heavy atom. The van der Waals surface area contributed by atoms with Gasteiger partial charge in [-0.15, -0.1) is 10.2 Å². The molecule has 0 saturated heterocycles. The van der Waals surface area contributed by atoms with Crippen LogP contribution in [0.2, 0.25) is 0 Å². The molecule has 0 aliphatic carbocycles. The smallest absolute Gasteiger partial charge is 0.307 e.